The average Bonchev–Trinajstić information content (AvgIpc) is 3.78. The van der Waals surface area contributed by atoms with E-state index in [0.29, 0.717) is 18.6 Å². The van der Waals surface area contributed by atoms with Crippen LogP contribution < -0.4 is 0 Å². The number of hydrogen-bond donors (Lipinski definition) is 0. The zero-order valence-electron chi connectivity index (χ0n) is 25.3. The summed E-state index contributed by atoms with van der Waals surface area (Å²) < 4.78 is 55.2. The lowest BCUT2D eigenvalue weighted by Gasteiger charge is -2.43. The second-order valence-corrected chi connectivity index (χ2v) is 16.7. The van der Waals surface area contributed by atoms with Gasteiger partial charge in [-0.05, 0) is 106 Å². The molecule has 0 N–H and O–H groups in total. The van der Waals surface area contributed by atoms with Crippen LogP contribution in [0.1, 0.15) is 95.5 Å². The quantitative estimate of drug-likeness (QED) is 0.180. The maximum Gasteiger partial charge on any atom is 0.296 e. The Bertz CT molecular complexity index is 1160. The molecule has 7 nitrogen and oxygen atoms in total. The summed E-state index contributed by atoms with van der Waals surface area (Å²) in [6.45, 7) is 5.21. The van der Waals surface area contributed by atoms with E-state index in [9.17, 15) is 8.42 Å². The van der Waals surface area contributed by atoms with Gasteiger partial charge >= 0.3 is 0 Å². The summed E-state index contributed by atoms with van der Waals surface area (Å²) >= 11 is 2.55. The van der Waals surface area contributed by atoms with Gasteiger partial charge in [0.25, 0.3) is 10.1 Å². The van der Waals surface area contributed by atoms with E-state index in [0.717, 1.165) is 69.6 Å². The first-order valence-electron chi connectivity index (χ1n) is 16.2. The number of rotatable bonds is 5. The molecule has 4 spiro atoms. The van der Waals surface area contributed by atoms with Gasteiger partial charge in [0.2, 0.25) is 0 Å². The maximum atomic E-state index is 12.4. The Kier molecular flexibility index (Phi) is 9.68. The molecular formula is C33H49IO7S. The molecular weight excluding hydrogens is 667 g/mol. The standard InChI is InChI=1S/C20H28O5S.C13H21IO2/c1-16-3-5-18(6-4-16)26(21,22)25-14-17-7-10-19(13-17)8-2-9-20(15-19)23-11-12-24-20;14-9-11-2-5-12(8-11)3-1-4-13(10-12)15-6-7-16-13/h3-6,17H,2,7-15H2,1H3;11H,1-10H2/t17-,19+;11-,12+/m11/s1. The highest BCUT2D eigenvalue weighted by molar-refractivity contribution is 14.1. The monoisotopic (exact) mass is 716 g/mol. The fourth-order valence-corrected chi connectivity index (χ4v) is 10.8. The first-order chi connectivity index (χ1) is 20.2. The van der Waals surface area contributed by atoms with Gasteiger partial charge in [-0.3, -0.25) is 4.18 Å². The number of hydrogen-bond acceptors (Lipinski definition) is 7. The largest absolute Gasteiger partial charge is 0.348 e. The SMILES string of the molecule is Cc1ccc(S(=O)(=O)OC[C@@H]2CC[C@@]3(CCCC4(C3)OCCO4)C2)cc1.IC[C@@H]1CC[C@@]2(CCCC3(C2)OCCO3)C1. The predicted molar refractivity (Wildman–Crippen MR) is 169 cm³/mol. The third-order valence-electron chi connectivity index (χ3n) is 11.0. The number of aryl methyl sites for hydroxylation is 1. The summed E-state index contributed by atoms with van der Waals surface area (Å²) in [5.41, 5.74) is 1.83. The second kappa shape index (κ2) is 12.8. The van der Waals surface area contributed by atoms with E-state index in [1.54, 1.807) is 24.3 Å². The molecule has 236 valence electrons. The summed E-state index contributed by atoms with van der Waals surface area (Å²) in [5.74, 6) is 0.698. The molecule has 7 rings (SSSR count). The minimum Gasteiger partial charge on any atom is -0.348 e. The van der Waals surface area contributed by atoms with E-state index in [4.69, 9.17) is 23.1 Å². The van der Waals surface area contributed by atoms with Gasteiger partial charge in [0.15, 0.2) is 11.6 Å². The Hall–Kier alpha value is -0.300. The molecule has 6 fully saturated rings. The van der Waals surface area contributed by atoms with Crippen molar-refractivity contribution < 1.29 is 31.5 Å². The van der Waals surface area contributed by atoms with Crippen LogP contribution in [0.2, 0.25) is 0 Å². The van der Waals surface area contributed by atoms with Crippen LogP contribution >= 0.6 is 22.6 Å². The van der Waals surface area contributed by atoms with E-state index in [1.165, 1.54) is 49.4 Å². The summed E-state index contributed by atoms with van der Waals surface area (Å²) in [6, 6.07) is 6.81. The zero-order chi connectivity index (χ0) is 29.3. The van der Waals surface area contributed by atoms with Crippen molar-refractivity contribution in [2.24, 2.45) is 22.7 Å². The Morgan fingerprint density at radius 3 is 1.76 bits per heavy atom. The molecule has 0 radical (unpaired) electrons. The molecule has 2 heterocycles. The van der Waals surface area contributed by atoms with Crippen LogP contribution in [-0.4, -0.2) is 57.5 Å². The minimum atomic E-state index is -3.68. The van der Waals surface area contributed by atoms with Gasteiger partial charge in [0, 0.05) is 30.1 Å². The molecule has 0 amide bonds. The molecule has 1 aromatic carbocycles. The van der Waals surface area contributed by atoms with E-state index < -0.39 is 10.1 Å². The molecule has 4 atom stereocenters. The normalized spacial score (nSPS) is 35.3. The number of benzene rings is 1. The Labute approximate surface area is 266 Å². The summed E-state index contributed by atoms with van der Waals surface area (Å²) in [7, 11) is -3.68. The summed E-state index contributed by atoms with van der Waals surface area (Å²) in [5, 5.41) is 0. The smallest absolute Gasteiger partial charge is 0.296 e. The highest BCUT2D eigenvalue weighted by Crippen LogP contribution is 2.57. The first-order valence-corrected chi connectivity index (χ1v) is 19.2. The van der Waals surface area contributed by atoms with Crippen molar-refractivity contribution in [1.29, 1.82) is 0 Å². The van der Waals surface area contributed by atoms with Gasteiger partial charge in [-0.1, -0.05) is 40.3 Å². The highest BCUT2D eigenvalue weighted by atomic mass is 127. The lowest BCUT2D eigenvalue weighted by Crippen LogP contribution is -2.41. The molecule has 0 aromatic heterocycles. The van der Waals surface area contributed by atoms with Gasteiger partial charge < -0.3 is 18.9 Å². The number of halogens is 1. The zero-order valence-corrected chi connectivity index (χ0v) is 28.2. The third kappa shape index (κ3) is 7.07. The van der Waals surface area contributed by atoms with Crippen molar-refractivity contribution in [1.82, 2.24) is 0 Å². The van der Waals surface area contributed by atoms with Crippen LogP contribution in [0.25, 0.3) is 0 Å². The molecule has 2 aliphatic heterocycles. The van der Waals surface area contributed by atoms with Crippen LogP contribution in [-0.2, 0) is 33.2 Å². The van der Waals surface area contributed by atoms with Crippen LogP contribution in [0.5, 0.6) is 0 Å². The topological polar surface area (TPSA) is 80.3 Å². The van der Waals surface area contributed by atoms with Crippen molar-refractivity contribution in [3.63, 3.8) is 0 Å². The van der Waals surface area contributed by atoms with E-state index >= 15 is 0 Å². The minimum absolute atomic E-state index is 0.168. The van der Waals surface area contributed by atoms with Gasteiger partial charge in [-0.2, -0.15) is 8.42 Å². The number of ether oxygens (including phenoxy) is 4. The first kappa shape index (κ1) is 31.7. The molecule has 42 heavy (non-hydrogen) atoms. The van der Waals surface area contributed by atoms with E-state index in [1.807, 2.05) is 6.92 Å². The Morgan fingerprint density at radius 1 is 0.762 bits per heavy atom. The summed E-state index contributed by atoms with van der Waals surface area (Å²) in [4.78, 5) is 0.236. The van der Waals surface area contributed by atoms with Crippen LogP contribution in [0, 0.1) is 29.6 Å². The molecule has 6 aliphatic rings. The Morgan fingerprint density at radius 2 is 1.26 bits per heavy atom. The van der Waals surface area contributed by atoms with Gasteiger partial charge in [0.05, 0.1) is 37.9 Å². The fourth-order valence-electron chi connectivity index (χ4n) is 9.11. The van der Waals surface area contributed by atoms with Crippen molar-refractivity contribution in [3.05, 3.63) is 29.8 Å². The van der Waals surface area contributed by atoms with Gasteiger partial charge in [0.1, 0.15) is 0 Å². The Balaban J connectivity index is 0.000000168. The molecule has 0 unspecified atom stereocenters. The average molecular weight is 717 g/mol. The van der Waals surface area contributed by atoms with Gasteiger partial charge in [-0.15, -0.1) is 0 Å². The summed E-state index contributed by atoms with van der Waals surface area (Å²) in [6.07, 6.45) is 16.6. The predicted octanol–water partition coefficient (Wildman–Crippen LogP) is 7.33. The molecule has 4 aliphatic carbocycles. The molecule has 1 aromatic rings. The van der Waals surface area contributed by atoms with Crippen LogP contribution in [0.3, 0.4) is 0 Å². The van der Waals surface area contributed by atoms with Crippen molar-refractivity contribution in [2.75, 3.05) is 37.5 Å². The molecule has 2 saturated heterocycles. The van der Waals surface area contributed by atoms with Crippen molar-refractivity contribution in [3.8, 4) is 0 Å². The molecule has 4 saturated carbocycles. The maximum absolute atomic E-state index is 12.4. The van der Waals surface area contributed by atoms with E-state index in [-0.39, 0.29) is 34.4 Å². The molecule has 9 heteroatoms. The second-order valence-electron chi connectivity index (χ2n) is 14.2. The lowest BCUT2D eigenvalue weighted by atomic mass is 9.70. The van der Waals surface area contributed by atoms with Gasteiger partial charge in [-0.25, -0.2) is 0 Å². The fraction of sp³-hybridized carbons (Fsp3) is 0.818. The van der Waals surface area contributed by atoms with Crippen LogP contribution in [0.15, 0.2) is 29.2 Å². The van der Waals surface area contributed by atoms with Crippen molar-refractivity contribution in [2.45, 2.75) is 113 Å². The lowest BCUT2D eigenvalue weighted by molar-refractivity contribution is -0.202. The number of alkyl halides is 1. The van der Waals surface area contributed by atoms with Crippen LogP contribution in [0.4, 0.5) is 0 Å². The van der Waals surface area contributed by atoms with E-state index in [2.05, 4.69) is 22.6 Å². The molecule has 0 bridgehead atoms. The van der Waals surface area contributed by atoms with Crippen molar-refractivity contribution >= 4 is 32.7 Å². The third-order valence-corrected chi connectivity index (χ3v) is 13.6. The highest BCUT2D eigenvalue weighted by Gasteiger charge is 2.52.